The number of nitrogens with one attached hydrogen (secondary N) is 2. The molecule has 2 heterocycles. The number of nitrogens with zero attached hydrogens (tertiary/aromatic N) is 3. The number of nitrogen functional groups attached to an aromatic ring is 1. The van der Waals surface area contributed by atoms with Crippen LogP contribution in [-0.4, -0.2) is 36.9 Å². The molecule has 0 bridgehead atoms. The molecule has 10 heteroatoms. The van der Waals surface area contributed by atoms with Crippen LogP contribution in [0.25, 0.3) is 5.69 Å². The fourth-order valence-corrected chi connectivity index (χ4v) is 2.85. The molecule has 0 saturated carbocycles. The number of carbonyl (C=O) groups is 2. The third-order valence-corrected chi connectivity index (χ3v) is 4.38. The van der Waals surface area contributed by atoms with Crippen molar-refractivity contribution in [1.82, 2.24) is 14.1 Å². The van der Waals surface area contributed by atoms with E-state index >= 15 is 0 Å². The molecule has 1 amide bonds. The molecule has 30 heavy (non-hydrogen) atoms. The van der Waals surface area contributed by atoms with Gasteiger partial charge >= 0.3 is 11.7 Å². The van der Waals surface area contributed by atoms with Crippen LogP contribution in [0.15, 0.2) is 59.8 Å². The average molecular weight is 408 g/mol. The molecule has 5 N–H and O–H groups in total. The summed E-state index contributed by atoms with van der Waals surface area (Å²) in [6.45, 7) is -0.230. The topological polar surface area (TPSA) is 156 Å². The fraction of sp³-hybridized carbons (Fsp3) is 0.150. The number of amidine groups is 1. The quantitative estimate of drug-likeness (QED) is 0.321. The van der Waals surface area contributed by atoms with E-state index in [0.29, 0.717) is 16.8 Å². The van der Waals surface area contributed by atoms with E-state index in [0.717, 1.165) is 0 Å². The van der Waals surface area contributed by atoms with Gasteiger partial charge in [-0.3, -0.25) is 24.1 Å². The van der Waals surface area contributed by atoms with Crippen LogP contribution in [0.2, 0.25) is 0 Å². The molecular weight excluding hydrogens is 388 g/mol. The van der Waals surface area contributed by atoms with Crippen molar-refractivity contribution >= 4 is 23.5 Å². The van der Waals surface area contributed by atoms with Crippen molar-refractivity contribution in [2.45, 2.75) is 19.4 Å². The van der Waals surface area contributed by atoms with Crippen LogP contribution >= 0.6 is 0 Å². The average Bonchev–Trinajstić information content (AvgIpc) is 3.07. The maximum Gasteiger partial charge on any atom is 0.333 e. The SMILES string of the molecule is N=C(N)c1ccc(-n2ccn(CC(=O)Nc3ncccc3CCC(=O)O)c2=O)cc1. The second-order valence-electron chi connectivity index (χ2n) is 6.49. The van der Waals surface area contributed by atoms with Crippen LogP contribution < -0.4 is 16.7 Å². The standard InChI is InChI=1S/C20H20N6O4/c21-18(22)13-3-6-15(7-4-13)26-11-10-25(20(26)30)12-16(27)24-19-14(2-1-9-23-19)5-8-17(28)29/h1-4,6-7,9-11H,5,8,12H2,(H3,21,22)(H,28,29)(H,23,24,27). The minimum Gasteiger partial charge on any atom is -0.481 e. The number of carbonyl (C=O) groups excluding carboxylic acids is 1. The Morgan fingerprint density at radius 1 is 1.17 bits per heavy atom. The van der Waals surface area contributed by atoms with Crippen molar-refractivity contribution in [2.24, 2.45) is 5.73 Å². The predicted octanol–water partition coefficient (Wildman–Crippen LogP) is 0.974. The smallest absolute Gasteiger partial charge is 0.333 e. The number of aromatic nitrogens is 3. The summed E-state index contributed by atoms with van der Waals surface area (Å²) in [5.74, 6) is -1.20. The summed E-state index contributed by atoms with van der Waals surface area (Å²) in [7, 11) is 0. The third kappa shape index (κ3) is 4.79. The molecule has 0 aliphatic carbocycles. The maximum absolute atomic E-state index is 12.6. The highest BCUT2D eigenvalue weighted by atomic mass is 16.4. The number of carboxylic acid groups (broad SMARTS) is 1. The zero-order chi connectivity index (χ0) is 21.7. The van der Waals surface area contributed by atoms with E-state index in [-0.39, 0.29) is 31.0 Å². The highest BCUT2D eigenvalue weighted by Gasteiger charge is 2.13. The van der Waals surface area contributed by atoms with E-state index < -0.39 is 17.6 Å². The Morgan fingerprint density at radius 2 is 1.90 bits per heavy atom. The lowest BCUT2D eigenvalue weighted by molar-refractivity contribution is -0.137. The van der Waals surface area contributed by atoms with E-state index in [2.05, 4.69) is 10.3 Å². The normalized spacial score (nSPS) is 10.5. The number of rotatable bonds is 8. The molecule has 10 nitrogen and oxygen atoms in total. The third-order valence-electron chi connectivity index (χ3n) is 4.38. The number of hydrogen-bond acceptors (Lipinski definition) is 5. The van der Waals surface area contributed by atoms with Crippen LogP contribution in [0.4, 0.5) is 5.82 Å². The first kappa shape index (κ1) is 20.5. The number of amides is 1. The van der Waals surface area contributed by atoms with Crippen molar-refractivity contribution in [1.29, 1.82) is 5.41 Å². The minimum absolute atomic E-state index is 0.0691. The second kappa shape index (κ2) is 8.86. The Morgan fingerprint density at radius 3 is 2.57 bits per heavy atom. The van der Waals surface area contributed by atoms with Gasteiger partial charge in [0.25, 0.3) is 0 Å². The van der Waals surface area contributed by atoms with Crippen molar-refractivity contribution in [3.8, 4) is 5.69 Å². The van der Waals surface area contributed by atoms with Gasteiger partial charge in [0, 0.05) is 30.6 Å². The number of pyridine rings is 1. The van der Waals surface area contributed by atoms with Gasteiger partial charge in [-0.15, -0.1) is 0 Å². The molecule has 0 radical (unpaired) electrons. The number of nitrogens with two attached hydrogens (primary N) is 1. The van der Waals surface area contributed by atoms with Gasteiger partial charge in [0.2, 0.25) is 5.91 Å². The molecule has 0 atom stereocenters. The highest BCUT2D eigenvalue weighted by Crippen LogP contribution is 2.14. The lowest BCUT2D eigenvalue weighted by atomic mass is 10.1. The van der Waals surface area contributed by atoms with Crippen molar-refractivity contribution in [3.63, 3.8) is 0 Å². The lowest BCUT2D eigenvalue weighted by Crippen LogP contribution is -2.29. The van der Waals surface area contributed by atoms with E-state index in [1.54, 1.807) is 36.4 Å². The lowest BCUT2D eigenvalue weighted by Gasteiger charge is -2.09. The van der Waals surface area contributed by atoms with Gasteiger partial charge in [0.15, 0.2) is 0 Å². The number of benzene rings is 1. The molecule has 3 rings (SSSR count). The summed E-state index contributed by atoms with van der Waals surface area (Å²) in [6.07, 6.45) is 4.67. The molecule has 3 aromatic rings. The van der Waals surface area contributed by atoms with Crippen LogP contribution in [0, 0.1) is 5.41 Å². The van der Waals surface area contributed by atoms with E-state index in [1.165, 1.54) is 27.7 Å². The van der Waals surface area contributed by atoms with Gasteiger partial charge < -0.3 is 16.2 Å². The van der Waals surface area contributed by atoms with Crippen LogP contribution in [0.1, 0.15) is 17.5 Å². The zero-order valence-electron chi connectivity index (χ0n) is 15.9. The maximum atomic E-state index is 12.6. The highest BCUT2D eigenvalue weighted by molar-refractivity contribution is 5.95. The van der Waals surface area contributed by atoms with Crippen LogP contribution in [0.3, 0.4) is 0 Å². The van der Waals surface area contributed by atoms with Crippen molar-refractivity contribution in [2.75, 3.05) is 5.32 Å². The number of aryl methyl sites for hydroxylation is 1. The van der Waals surface area contributed by atoms with Gasteiger partial charge in [-0.05, 0) is 42.3 Å². The Balaban J connectivity index is 1.72. The summed E-state index contributed by atoms with van der Waals surface area (Å²) >= 11 is 0. The van der Waals surface area contributed by atoms with Gasteiger partial charge in [0.05, 0.1) is 5.69 Å². The molecule has 2 aromatic heterocycles. The summed E-state index contributed by atoms with van der Waals surface area (Å²) < 4.78 is 2.62. The molecule has 0 aliphatic rings. The molecule has 0 unspecified atom stereocenters. The number of aliphatic carboxylic acids is 1. The minimum atomic E-state index is -0.944. The van der Waals surface area contributed by atoms with Gasteiger partial charge in [-0.2, -0.15) is 0 Å². The second-order valence-corrected chi connectivity index (χ2v) is 6.49. The fourth-order valence-electron chi connectivity index (χ4n) is 2.85. The first-order valence-corrected chi connectivity index (χ1v) is 9.03. The Kier molecular flexibility index (Phi) is 6.06. The van der Waals surface area contributed by atoms with Crippen LogP contribution in [0.5, 0.6) is 0 Å². The van der Waals surface area contributed by atoms with Crippen LogP contribution in [-0.2, 0) is 22.6 Å². The number of imidazole rings is 1. The van der Waals surface area contributed by atoms with Gasteiger partial charge in [-0.1, -0.05) is 6.07 Å². The van der Waals surface area contributed by atoms with Gasteiger partial charge in [0.1, 0.15) is 18.2 Å². The first-order valence-electron chi connectivity index (χ1n) is 9.03. The predicted molar refractivity (Wildman–Crippen MR) is 110 cm³/mol. The summed E-state index contributed by atoms with van der Waals surface area (Å²) in [6, 6.07) is 9.94. The monoisotopic (exact) mass is 408 g/mol. The Labute approximate surface area is 171 Å². The van der Waals surface area contributed by atoms with Gasteiger partial charge in [-0.25, -0.2) is 9.78 Å². The number of carboxylic acids is 1. The zero-order valence-corrected chi connectivity index (χ0v) is 15.9. The molecule has 0 spiro atoms. The van der Waals surface area contributed by atoms with Crippen molar-refractivity contribution < 1.29 is 14.7 Å². The van der Waals surface area contributed by atoms with E-state index in [1.807, 2.05) is 0 Å². The molecule has 1 aromatic carbocycles. The van der Waals surface area contributed by atoms with E-state index in [4.69, 9.17) is 16.2 Å². The molecule has 0 aliphatic heterocycles. The molecular formula is C20H20N6O4. The number of hydrogen-bond donors (Lipinski definition) is 4. The molecule has 0 saturated heterocycles. The summed E-state index contributed by atoms with van der Waals surface area (Å²) in [5.41, 5.74) is 6.74. The largest absolute Gasteiger partial charge is 0.481 e. The first-order chi connectivity index (χ1) is 14.3. The number of anilines is 1. The Bertz CT molecular complexity index is 1150. The Hall–Kier alpha value is -4.21. The summed E-state index contributed by atoms with van der Waals surface area (Å²) in [5, 5.41) is 18.9. The van der Waals surface area contributed by atoms with Crippen molar-refractivity contribution in [3.05, 3.63) is 76.6 Å². The molecule has 0 fully saturated rings. The van der Waals surface area contributed by atoms with E-state index in [9.17, 15) is 14.4 Å². The molecule has 154 valence electrons. The summed E-state index contributed by atoms with van der Waals surface area (Å²) in [4.78, 5) is 39.9.